The molecule has 0 aliphatic carbocycles. The number of nitrogens with zero attached hydrogens (tertiary/aromatic N) is 10. The van der Waals surface area contributed by atoms with Crippen molar-refractivity contribution < 1.29 is 4.79 Å². The summed E-state index contributed by atoms with van der Waals surface area (Å²) in [6.07, 6.45) is 5.52. The van der Waals surface area contributed by atoms with Gasteiger partial charge in [0.15, 0.2) is 23.8 Å². The molecule has 11 nitrogen and oxygen atoms in total. The van der Waals surface area contributed by atoms with E-state index in [1.54, 1.807) is 47.5 Å². The monoisotopic (exact) mass is 1020 g/mol. The molecular formula is C60H50N10OS3. The molecule has 74 heavy (non-hydrogen) atoms. The van der Waals surface area contributed by atoms with Gasteiger partial charge in [-0.05, 0) is 103 Å². The number of thioether (sulfide) groups is 3. The minimum absolute atomic E-state index is 0.263. The fourth-order valence-corrected chi connectivity index (χ4v) is 10.4. The van der Waals surface area contributed by atoms with E-state index in [0.717, 1.165) is 85.6 Å². The van der Waals surface area contributed by atoms with Crippen molar-refractivity contribution in [2.75, 3.05) is 17.3 Å². The summed E-state index contributed by atoms with van der Waals surface area (Å²) in [6, 6.07) is 53.6. The Balaban J connectivity index is 1.15. The number of carbonyl (C=O) groups excluding carboxylic acids is 1. The van der Waals surface area contributed by atoms with Crippen LogP contribution in [0.15, 0.2) is 185 Å². The van der Waals surface area contributed by atoms with Crippen molar-refractivity contribution in [2.24, 2.45) is 0 Å². The van der Waals surface area contributed by atoms with E-state index in [2.05, 4.69) is 61.1 Å². The number of hydrogen-bond donors (Lipinski definition) is 0. The topological polar surface area (TPSA) is 146 Å². The minimum Gasteiger partial charge on any atom is -0.296 e. The summed E-state index contributed by atoms with van der Waals surface area (Å²) < 4.78 is 0. The van der Waals surface area contributed by atoms with Crippen LogP contribution < -0.4 is 0 Å². The van der Waals surface area contributed by atoms with Gasteiger partial charge in [0.05, 0.1) is 68.3 Å². The Morgan fingerprint density at radius 2 is 0.649 bits per heavy atom. The second-order valence-electron chi connectivity index (χ2n) is 17.1. The van der Waals surface area contributed by atoms with Gasteiger partial charge < -0.3 is 0 Å². The van der Waals surface area contributed by atoms with Crippen molar-refractivity contribution in [1.29, 1.82) is 0 Å². The standard InChI is InChI=1S/C60H50N10OS3/c1-4-26-72-43-30-48(46-24-16-17-25-61-46)63-50(32-43)54-36-56(69-59(67-54)40-20-12-8-13-21-40)52-34-45(74-28-6-3)35-53(65-52)57-37-55(68-60(70-57)41-22-14-9-15-23-41)51-33-44(73-27-5-2)31-49(64-51)47-29-42(38-71)62-58(66-47)39-18-10-7-11-19-39/h7-25,29-38H,4-6,26-28H2,1-3H3. The first-order chi connectivity index (χ1) is 36.4. The molecule has 0 bridgehead atoms. The van der Waals surface area contributed by atoms with Crippen molar-refractivity contribution in [3.8, 4) is 102 Å². The van der Waals surface area contributed by atoms with E-state index in [-0.39, 0.29) is 5.69 Å². The molecule has 0 aliphatic heterocycles. The summed E-state index contributed by atoms with van der Waals surface area (Å²) >= 11 is 5.28. The lowest BCUT2D eigenvalue weighted by Gasteiger charge is -2.14. The Morgan fingerprint density at radius 1 is 0.338 bits per heavy atom. The third kappa shape index (κ3) is 12.0. The Labute approximate surface area is 443 Å². The van der Waals surface area contributed by atoms with Crippen molar-refractivity contribution in [1.82, 2.24) is 49.8 Å². The second-order valence-corrected chi connectivity index (χ2v) is 20.6. The van der Waals surface area contributed by atoms with E-state index in [0.29, 0.717) is 74.4 Å². The van der Waals surface area contributed by atoms with Gasteiger partial charge in [-0.15, -0.1) is 35.3 Å². The first kappa shape index (κ1) is 49.8. The second kappa shape index (κ2) is 23.8. The highest BCUT2D eigenvalue weighted by molar-refractivity contribution is 7.99. The van der Waals surface area contributed by atoms with E-state index in [1.807, 2.05) is 127 Å². The molecule has 10 aromatic rings. The highest BCUT2D eigenvalue weighted by atomic mass is 32.2. The summed E-state index contributed by atoms with van der Waals surface area (Å²) in [5.74, 6) is 4.26. The zero-order valence-electron chi connectivity index (χ0n) is 41.1. The third-order valence-corrected chi connectivity index (χ3v) is 15.0. The zero-order chi connectivity index (χ0) is 50.6. The molecule has 0 amide bonds. The molecule has 0 spiro atoms. The van der Waals surface area contributed by atoms with E-state index in [9.17, 15) is 4.79 Å². The van der Waals surface area contributed by atoms with Crippen LogP contribution in [0.25, 0.3) is 102 Å². The maximum Gasteiger partial charge on any atom is 0.168 e. The average molecular weight is 1020 g/mol. The molecule has 0 aliphatic rings. The van der Waals surface area contributed by atoms with Gasteiger partial charge in [-0.1, -0.05) is 118 Å². The first-order valence-electron chi connectivity index (χ1n) is 24.6. The molecule has 3 aromatic carbocycles. The molecule has 0 saturated carbocycles. The summed E-state index contributed by atoms with van der Waals surface area (Å²) in [6.45, 7) is 6.52. The number of aldehydes is 1. The number of aromatic nitrogens is 10. The maximum absolute atomic E-state index is 12.3. The van der Waals surface area contributed by atoms with Crippen LogP contribution in [0.5, 0.6) is 0 Å². The van der Waals surface area contributed by atoms with Crippen LogP contribution in [0.4, 0.5) is 0 Å². The van der Waals surface area contributed by atoms with Crippen LogP contribution in [-0.4, -0.2) is 73.4 Å². The molecule has 364 valence electrons. The molecule has 0 fully saturated rings. The van der Waals surface area contributed by atoms with Crippen LogP contribution in [-0.2, 0) is 0 Å². The summed E-state index contributed by atoms with van der Waals surface area (Å²) in [5.41, 5.74) is 10.6. The summed E-state index contributed by atoms with van der Waals surface area (Å²) in [4.78, 5) is 66.4. The van der Waals surface area contributed by atoms with E-state index in [1.165, 1.54) is 0 Å². The Kier molecular flexibility index (Phi) is 16.0. The van der Waals surface area contributed by atoms with Gasteiger partial charge in [-0.2, -0.15) is 0 Å². The fourth-order valence-electron chi connectivity index (χ4n) is 7.95. The van der Waals surface area contributed by atoms with Crippen molar-refractivity contribution in [3.63, 3.8) is 0 Å². The highest BCUT2D eigenvalue weighted by Gasteiger charge is 2.20. The van der Waals surface area contributed by atoms with Gasteiger partial charge in [0, 0.05) is 37.6 Å². The number of carbonyl (C=O) groups is 1. The van der Waals surface area contributed by atoms with Crippen LogP contribution in [0, 0.1) is 0 Å². The van der Waals surface area contributed by atoms with Gasteiger partial charge in [0.25, 0.3) is 0 Å². The van der Waals surface area contributed by atoms with Gasteiger partial charge >= 0.3 is 0 Å². The number of hydrogen-bond acceptors (Lipinski definition) is 14. The lowest BCUT2D eigenvalue weighted by molar-refractivity contribution is 0.111. The molecule has 0 unspecified atom stereocenters. The van der Waals surface area contributed by atoms with Gasteiger partial charge in [0.1, 0.15) is 5.69 Å². The van der Waals surface area contributed by atoms with E-state index in [4.69, 9.17) is 39.9 Å². The van der Waals surface area contributed by atoms with Crippen LogP contribution in [0.3, 0.4) is 0 Å². The predicted octanol–water partition coefficient (Wildman–Crippen LogP) is 15.0. The third-order valence-electron chi connectivity index (χ3n) is 11.5. The molecule has 0 saturated heterocycles. The lowest BCUT2D eigenvalue weighted by atomic mass is 10.1. The number of rotatable bonds is 19. The largest absolute Gasteiger partial charge is 0.296 e. The number of pyridine rings is 4. The summed E-state index contributed by atoms with van der Waals surface area (Å²) in [5, 5.41) is 0. The smallest absolute Gasteiger partial charge is 0.168 e. The molecular weight excluding hydrogens is 973 g/mol. The van der Waals surface area contributed by atoms with Crippen molar-refractivity contribution in [3.05, 3.63) is 176 Å². The normalized spacial score (nSPS) is 11.2. The lowest BCUT2D eigenvalue weighted by Crippen LogP contribution is -2.02. The molecule has 0 radical (unpaired) electrons. The Hall–Kier alpha value is -7.78. The Morgan fingerprint density at radius 3 is 0.973 bits per heavy atom. The molecule has 10 rings (SSSR count). The predicted molar refractivity (Wildman–Crippen MR) is 302 cm³/mol. The quantitative estimate of drug-likeness (QED) is 0.0559. The summed E-state index contributed by atoms with van der Waals surface area (Å²) in [7, 11) is 0. The maximum atomic E-state index is 12.3. The van der Waals surface area contributed by atoms with E-state index < -0.39 is 0 Å². The SMILES string of the molecule is CCCSc1cc(-c2ccccn2)nc(-c2cc(-c3cc(SCCC)cc(-c4cc(-c5cc(SCCC)cc(-c6cc(C=O)nc(-c7ccccc7)n6)n5)nc(-c5ccccc5)n4)n3)nc(-c3ccccc3)n2)c1. The molecule has 0 atom stereocenters. The Bertz CT molecular complexity index is 3550. The van der Waals surface area contributed by atoms with Crippen LogP contribution in [0.2, 0.25) is 0 Å². The molecule has 0 N–H and O–H groups in total. The van der Waals surface area contributed by atoms with Gasteiger partial charge in [0.2, 0.25) is 0 Å². The zero-order valence-corrected chi connectivity index (χ0v) is 43.5. The fraction of sp³-hybridized carbons (Fsp3) is 0.150. The molecule has 14 heteroatoms. The van der Waals surface area contributed by atoms with Crippen LogP contribution in [0.1, 0.15) is 50.5 Å². The minimum atomic E-state index is 0.263. The van der Waals surface area contributed by atoms with Gasteiger partial charge in [-0.25, -0.2) is 44.9 Å². The highest BCUT2D eigenvalue weighted by Crippen LogP contribution is 2.37. The van der Waals surface area contributed by atoms with Gasteiger partial charge in [-0.3, -0.25) is 9.78 Å². The molecule has 7 heterocycles. The first-order valence-corrected chi connectivity index (χ1v) is 27.6. The van der Waals surface area contributed by atoms with Crippen molar-refractivity contribution in [2.45, 2.75) is 54.7 Å². The van der Waals surface area contributed by atoms with Crippen molar-refractivity contribution >= 4 is 41.6 Å². The van der Waals surface area contributed by atoms with Crippen LogP contribution >= 0.6 is 35.3 Å². The average Bonchev–Trinajstić information content (AvgIpc) is 3.47. The van der Waals surface area contributed by atoms with E-state index >= 15 is 0 Å². The number of benzene rings is 3. The molecule has 7 aromatic heterocycles.